The number of hydrogen-bond donors (Lipinski definition) is 1. The molecule has 2 rings (SSSR count). The van der Waals surface area contributed by atoms with Gasteiger partial charge in [-0.15, -0.1) is 0 Å². The monoisotopic (exact) mass is 251 g/mol. The maximum absolute atomic E-state index is 11.9. The molecule has 2 aromatic carbocycles. The largest absolute Gasteiger partial charge is 0.362 e. The van der Waals surface area contributed by atoms with Crippen molar-refractivity contribution in [2.75, 3.05) is 5.32 Å². The van der Waals surface area contributed by atoms with Crippen LogP contribution in [0.1, 0.15) is 21.5 Å². The molecule has 0 fully saturated rings. The predicted octanol–water partition coefficient (Wildman–Crippen LogP) is 4.11. The van der Waals surface area contributed by atoms with E-state index in [-0.39, 0.29) is 5.78 Å². The highest BCUT2D eigenvalue weighted by molar-refractivity contribution is 6.04. The second-order valence-electron chi connectivity index (χ2n) is 4.57. The lowest BCUT2D eigenvalue weighted by atomic mass is 10.1. The molecule has 0 heterocycles. The third-order valence-electron chi connectivity index (χ3n) is 2.87. The van der Waals surface area contributed by atoms with Gasteiger partial charge in [0.05, 0.1) is 0 Å². The van der Waals surface area contributed by atoms with Crippen LogP contribution in [0.5, 0.6) is 0 Å². The summed E-state index contributed by atoms with van der Waals surface area (Å²) in [6, 6.07) is 15.6. The highest BCUT2D eigenvalue weighted by Crippen LogP contribution is 2.09. The Bertz CT molecular complexity index is 580. The number of benzene rings is 2. The molecule has 96 valence electrons. The number of aryl methyl sites for hydroxylation is 2. The zero-order valence-electron chi connectivity index (χ0n) is 11.2. The second-order valence-corrected chi connectivity index (χ2v) is 4.57. The standard InChI is InChI=1S/C17H17NO/c1-13-3-7-15(8-4-13)17(19)11-12-18-16-9-5-14(2)6-10-16/h3-12,18H,1-2H3/b12-11+. The molecule has 0 aliphatic rings. The van der Waals surface area contributed by atoms with Gasteiger partial charge in [-0.05, 0) is 26.0 Å². The molecule has 2 heteroatoms. The Kier molecular flexibility index (Phi) is 4.14. The summed E-state index contributed by atoms with van der Waals surface area (Å²) in [5, 5.41) is 3.08. The number of nitrogens with one attached hydrogen (secondary N) is 1. The Labute approximate surface area is 113 Å². The van der Waals surface area contributed by atoms with Crippen molar-refractivity contribution in [2.24, 2.45) is 0 Å². The quantitative estimate of drug-likeness (QED) is 0.654. The minimum absolute atomic E-state index is 0.000360. The summed E-state index contributed by atoms with van der Waals surface area (Å²) in [7, 11) is 0. The van der Waals surface area contributed by atoms with E-state index in [2.05, 4.69) is 5.32 Å². The van der Waals surface area contributed by atoms with Crippen LogP contribution in [0.25, 0.3) is 0 Å². The van der Waals surface area contributed by atoms with Crippen LogP contribution >= 0.6 is 0 Å². The van der Waals surface area contributed by atoms with Gasteiger partial charge in [0.25, 0.3) is 0 Å². The highest BCUT2D eigenvalue weighted by atomic mass is 16.1. The van der Waals surface area contributed by atoms with Crippen LogP contribution in [0.15, 0.2) is 60.8 Å². The number of allylic oxidation sites excluding steroid dienone is 1. The van der Waals surface area contributed by atoms with Gasteiger partial charge >= 0.3 is 0 Å². The summed E-state index contributed by atoms with van der Waals surface area (Å²) in [4.78, 5) is 11.9. The summed E-state index contributed by atoms with van der Waals surface area (Å²) in [5.41, 5.74) is 4.04. The van der Waals surface area contributed by atoms with Gasteiger partial charge in [0, 0.05) is 23.5 Å². The molecule has 0 spiro atoms. The van der Waals surface area contributed by atoms with Gasteiger partial charge < -0.3 is 5.32 Å². The van der Waals surface area contributed by atoms with Crippen LogP contribution in [-0.4, -0.2) is 5.78 Å². The summed E-state index contributed by atoms with van der Waals surface area (Å²) < 4.78 is 0. The van der Waals surface area contributed by atoms with E-state index in [1.54, 1.807) is 12.3 Å². The van der Waals surface area contributed by atoms with E-state index in [4.69, 9.17) is 0 Å². The Balaban J connectivity index is 1.97. The topological polar surface area (TPSA) is 29.1 Å². The van der Waals surface area contributed by atoms with Gasteiger partial charge in [-0.3, -0.25) is 4.79 Å². The Morgan fingerprint density at radius 3 is 2.00 bits per heavy atom. The van der Waals surface area contributed by atoms with Gasteiger partial charge in [-0.25, -0.2) is 0 Å². The van der Waals surface area contributed by atoms with Crippen LogP contribution in [0.3, 0.4) is 0 Å². The van der Waals surface area contributed by atoms with Crippen molar-refractivity contribution in [3.8, 4) is 0 Å². The normalized spacial score (nSPS) is 10.6. The Morgan fingerprint density at radius 2 is 1.42 bits per heavy atom. The molecule has 0 unspecified atom stereocenters. The third-order valence-corrected chi connectivity index (χ3v) is 2.87. The first kappa shape index (κ1) is 13.1. The molecule has 1 N–H and O–H groups in total. The zero-order valence-corrected chi connectivity index (χ0v) is 11.2. The summed E-state index contributed by atoms with van der Waals surface area (Å²) >= 11 is 0. The molecule has 0 bridgehead atoms. The summed E-state index contributed by atoms with van der Waals surface area (Å²) in [6.07, 6.45) is 3.22. The lowest BCUT2D eigenvalue weighted by Crippen LogP contribution is -1.96. The van der Waals surface area contributed by atoms with Crippen LogP contribution in [0.2, 0.25) is 0 Å². The number of hydrogen-bond acceptors (Lipinski definition) is 2. The number of carbonyl (C=O) groups excluding carboxylic acids is 1. The minimum Gasteiger partial charge on any atom is -0.362 e. The van der Waals surface area contributed by atoms with Gasteiger partial charge in [0.1, 0.15) is 0 Å². The van der Waals surface area contributed by atoms with Crippen molar-refractivity contribution < 1.29 is 4.79 Å². The average molecular weight is 251 g/mol. The van der Waals surface area contributed by atoms with Crippen molar-refractivity contribution in [1.82, 2.24) is 0 Å². The van der Waals surface area contributed by atoms with E-state index in [0.29, 0.717) is 5.56 Å². The molecular formula is C17H17NO. The SMILES string of the molecule is Cc1ccc(N/C=C/C(=O)c2ccc(C)cc2)cc1. The second kappa shape index (κ2) is 6.01. The molecule has 0 aromatic heterocycles. The van der Waals surface area contributed by atoms with Gasteiger partial charge in [0.15, 0.2) is 5.78 Å². The van der Waals surface area contributed by atoms with Crippen molar-refractivity contribution in [1.29, 1.82) is 0 Å². The third kappa shape index (κ3) is 3.81. The molecule has 0 aliphatic heterocycles. The highest BCUT2D eigenvalue weighted by Gasteiger charge is 1.99. The van der Waals surface area contributed by atoms with E-state index in [0.717, 1.165) is 11.3 Å². The van der Waals surface area contributed by atoms with E-state index < -0.39 is 0 Å². The van der Waals surface area contributed by atoms with Gasteiger partial charge in [0.2, 0.25) is 0 Å². The lowest BCUT2D eigenvalue weighted by Gasteiger charge is -2.01. The van der Waals surface area contributed by atoms with Crippen LogP contribution in [-0.2, 0) is 0 Å². The number of ketones is 1. The molecule has 0 radical (unpaired) electrons. The predicted molar refractivity (Wildman–Crippen MR) is 79.5 cm³/mol. The molecule has 2 aromatic rings. The molecule has 0 saturated heterocycles. The van der Waals surface area contributed by atoms with Crippen molar-refractivity contribution in [3.63, 3.8) is 0 Å². The fourth-order valence-electron chi connectivity index (χ4n) is 1.68. The maximum Gasteiger partial charge on any atom is 0.187 e. The minimum atomic E-state index is -0.000360. The van der Waals surface area contributed by atoms with Crippen molar-refractivity contribution in [3.05, 3.63) is 77.5 Å². The van der Waals surface area contributed by atoms with E-state index in [1.165, 1.54) is 5.56 Å². The number of anilines is 1. The molecular weight excluding hydrogens is 234 g/mol. The zero-order chi connectivity index (χ0) is 13.7. The van der Waals surface area contributed by atoms with E-state index in [1.807, 2.05) is 62.4 Å². The van der Waals surface area contributed by atoms with E-state index in [9.17, 15) is 4.79 Å². The lowest BCUT2D eigenvalue weighted by molar-refractivity contribution is 0.104. The Morgan fingerprint density at radius 1 is 0.895 bits per heavy atom. The first-order valence-electron chi connectivity index (χ1n) is 6.26. The first-order chi connectivity index (χ1) is 9.15. The first-order valence-corrected chi connectivity index (χ1v) is 6.26. The van der Waals surface area contributed by atoms with Crippen LogP contribution in [0.4, 0.5) is 5.69 Å². The molecule has 0 atom stereocenters. The summed E-state index contributed by atoms with van der Waals surface area (Å²) in [5.74, 6) is -0.000360. The number of carbonyl (C=O) groups is 1. The van der Waals surface area contributed by atoms with Crippen molar-refractivity contribution >= 4 is 11.5 Å². The Hall–Kier alpha value is -2.35. The van der Waals surface area contributed by atoms with Crippen molar-refractivity contribution in [2.45, 2.75) is 13.8 Å². The smallest absolute Gasteiger partial charge is 0.187 e. The average Bonchev–Trinajstić information content (AvgIpc) is 2.41. The number of rotatable bonds is 4. The van der Waals surface area contributed by atoms with Gasteiger partial charge in [-0.1, -0.05) is 47.5 Å². The van der Waals surface area contributed by atoms with E-state index >= 15 is 0 Å². The fourth-order valence-corrected chi connectivity index (χ4v) is 1.68. The maximum atomic E-state index is 11.9. The molecule has 2 nitrogen and oxygen atoms in total. The molecule has 0 saturated carbocycles. The fraction of sp³-hybridized carbons (Fsp3) is 0.118. The molecule has 0 aliphatic carbocycles. The van der Waals surface area contributed by atoms with Crippen LogP contribution < -0.4 is 5.32 Å². The van der Waals surface area contributed by atoms with Crippen LogP contribution in [0, 0.1) is 13.8 Å². The molecule has 0 amide bonds. The van der Waals surface area contributed by atoms with Gasteiger partial charge in [-0.2, -0.15) is 0 Å². The molecule has 19 heavy (non-hydrogen) atoms. The summed E-state index contributed by atoms with van der Waals surface area (Å²) in [6.45, 7) is 4.05.